The van der Waals surface area contributed by atoms with Gasteiger partial charge >= 0.3 is 0 Å². The van der Waals surface area contributed by atoms with Crippen molar-refractivity contribution in [2.75, 3.05) is 32.7 Å². The van der Waals surface area contributed by atoms with Crippen molar-refractivity contribution in [3.05, 3.63) is 0 Å². The largest absolute Gasteiger partial charge is 0.303 e. The Hall–Kier alpha value is -0.0800. The Bertz CT molecular complexity index is 287. The maximum Gasteiger partial charge on any atom is 0.0120 e. The van der Waals surface area contributed by atoms with Gasteiger partial charge in [0.25, 0.3) is 0 Å². The lowest BCUT2D eigenvalue weighted by Crippen LogP contribution is -2.49. The Balaban J connectivity index is 1.70. The van der Waals surface area contributed by atoms with Gasteiger partial charge < -0.3 is 9.80 Å². The first-order valence-corrected chi connectivity index (χ1v) is 9.59. The SMILES string of the molecule is CC(C)(C)CC1CCN(C2CCN(CC(C)(C)C)CC2)CC1. The molecule has 0 aliphatic carbocycles. The summed E-state index contributed by atoms with van der Waals surface area (Å²) < 4.78 is 0. The first-order chi connectivity index (χ1) is 10.1. The third-order valence-electron chi connectivity index (χ3n) is 5.32. The van der Waals surface area contributed by atoms with E-state index in [0.29, 0.717) is 10.8 Å². The Morgan fingerprint density at radius 2 is 1.27 bits per heavy atom. The summed E-state index contributed by atoms with van der Waals surface area (Å²) in [7, 11) is 0. The van der Waals surface area contributed by atoms with E-state index in [4.69, 9.17) is 0 Å². The molecule has 2 saturated heterocycles. The van der Waals surface area contributed by atoms with E-state index >= 15 is 0 Å². The lowest BCUT2D eigenvalue weighted by molar-refractivity contribution is 0.0595. The van der Waals surface area contributed by atoms with Crippen LogP contribution in [0.15, 0.2) is 0 Å². The summed E-state index contributed by atoms with van der Waals surface area (Å²) in [6, 6.07) is 0.867. The fraction of sp³-hybridized carbons (Fsp3) is 1.00. The van der Waals surface area contributed by atoms with Crippen molar-refractivity contribution in [1.82, 2.24) is 9.80 Å². The van der Waals surface area contributed by atoms with Crippen molar-refractivity contribution >= 4 is 0 Å². The number of hydrogen-bond acceptors (Lipinski definition) is 2. The molecule has 0 aromatic heterocycles. The lowest BCUT2D eigenvalue weighted by atomic mass is 9.80. The topological polar surface area (TPSA) is 6.48 Å². The van der Waals surface area contributed by atoms with Crippen molar-refractivity contribution in [1.29, 1.82) is 0 Å². The molecule has 130 valence electrons. The van der Waals surface area contributed by atoms with Gasteiger partial charge in [0, 0.05) is 12.6 Å². The Labute approximate surface area is 139 Å². The third kappa shape index (κ3) is 6.20. The number of piperidine rings is 2. The highest BCUT2D eigenvalue weighted by Crippen LogP contribution is 2.32. The monoisotopic (exact) mass is 308 g/mol. The molecule has 0 spiro atoms. The van der Waals surface area contributed by atoms with Crippen molar-refractivity contribution in [2.45, 2.75) is 79.7 Å². The maximum atomic E-state index is 2.81. The molecule has 0 aromatic carbocycles. The van der Waals surface area contributed by atoms with Crippen LogP contribution in [0, 0.1) is 16.7 Å². The van der Waals surface area contributed by atoms with Gasteiger partial charge in [-0.1, -0.05) is 41.5 Å². The standard InChI is InChI=1S/C20H40N2/c1-19(2,3)15-17-7-13-22(14-8-17)18-9-11-21(12-10-18)16-20(4,5)6/h17-18H,7-16H2,1-6H3. The van der Waals surface area contributed by atoms with E-state index in [1.54, 1.807) is 0 Å². The van der Waals surface area contributed by atoms with Gasteiger partial charge in [0.05, 0.1) is 0 Å². The highest BCUT2D eigenvalue weighted by Gasteiger charge is 2.30. The van der Waals surface area contributed by atoms with E-state index in [2.05, 4.69) is 51.3 Å². The van der Waals surface area contributed by atoms with Crippen molar-refractivity contribution < 1.29 is 0 Å². The second-order valence-corrected chi connectivity index (χ2v) is 10.3. The molecule has 2 fully saturated rings. The van der Waals surface area contributed by atoms with Crippen LogP contribution in [0.2, 0.25) is 0 Å². The Morgan fingerprint density at radius 3 is 1.73 bits per heavy atom. The number of hydrogen-bond donors (Lipinski definition) is 0. The quantitative estimate of drug-likeness (QED) is 0.749. The minimum absolute atomic E-state index is 0.443. The molecule has 2 heterocycles. The Morgan fingerprint density at radius 1 is 0.727 bits per heavy atom. The molecule has 0 atom stereocenters. The molecule has 0 aromatic rings. The molecule has 2 aliphatic rings. The number of likely N-dealkylation sites (tertiary alicyclic amines) is 2. The van der Waals surface area contributed by atoms with Crippen LogP contribution < -0.4 is 0 Å². The van der Waals surface area contributed by atoms with Crippen LogP contribution in [0.3, 0.4) is 0 Å². The molecule has 0 saturated carbocycles. The van der Waals surface area contributed by atoms with E-state index in [9.17, 15) is 0 Å². The normalized spacial score (nSPS) is 24.8. The molecular weight excluding hydrogens is 268 g/mol. The smallest absolute Gasteiger partial charge is 0.0120 e. The van der Waals surface area contributed by atoms with Crippen molar-refractivity contribution in [3.8, 4) is 0 Å². The van der Waals surface area contributed by atoms with Crippen LogP contribution in [0.1, 0.15) is 73.6 Å². The first kappa shape index (κ1) is 18.3. The summed E-state index contributed by atoms with van der Waals surface area (Å²) in [5.41, 5.74) is 0.948. The summed E-state index contributed by atoms with van der Waals surface area (Å²) in [5.74, 6) is 0.970. The van der Waals surface area contributed by atoms with Crippen LogP contribution in [0.25, 0.3) is 0 Å². The second-order valence-electron chi connectivity index (χ2n) is 10.3. The maximum absolute atomic E-state index is 2.81. The first-order valence-electron chi connectivity index (χ1n) is 9.59. The summed E-state index contributed by atoms with van der Waals surface area (Å²) in [6.07, 6.45) is 7.05. The molecule has 2 rings (SSSR count). The van der Waals surface area contributed by atoms with Gasteiger partial charge in [-0.25, -0.2) is 0 Å². The van der Waals surface area contributed by atoms with Gasteiger partial charge in [0.15, 0.2) is 0 Å². The third-order valence-corrected chi connectivity index (χ3v) is 5.32. The predicted molar refractivity (Wildman–Crippen MR) is 97.3 cm³/mol. The Kier molecular flexibility index (Phi) is 5.99. The molecule has 0 unspecified atom stereocenters. The highest BCUT2D eigenvalue weighted by molar-refractivity contribution is 4.85. The summed E-state index contributed by atoms with van der Waals surface area (Å²) in [4.78, 5) is 5.50. The van der Waals surface area contributed by atoms with Gasteiger partial charge in [-0.05, 0) is 75.0 Å². The van der Waals surface area contributed by atoms with E-state index in [1.165, 1.54) is 64.8 Å². The fourth-order valence-electron chi connectivity index (χ4n) is 4.50. The highest BCUT2D eigenvalue weighted by atomic mass is 15.2. The van der Waals surface area contributed by atoms with Gasteiger partial charge in [-0.15, -0.1) is 0 Å². The molecule has 0 radical (unpaired) electrons. The lowest BCUT2D eigenvalue weighted by Gasteiger charge is -2.43. The molecule has 2 aliphatic heterocycles. The zero-order valence-corrected chi connectivity index (χ0v) is 16.1. The minimum atomic E-state index is 0.443. The molecular formula is C20H40N2. The van der Waals surface area contributed by atoms with Crippen LogP contribution in [0.4, 0.5) is 0 Å². The van der Waals surface area contributed by atoms with Gasteiger partial charge in [-0.2, -0.15) is 0 Å². The number of nitrogens with zero attached hydrogens (tertiary/aromatic N) is 2. The molecule has 22 heavy (non-hydrogen) atoms. The average Bonchev–Trinajstić information content (AvgIpc) is 2.37. The number of rotatable bonds is 3. The van der Waals surface area contributed by atoms with Gasteiger partial charge in [-0.3, -0.25) is 0 Å². The molecule has 2 heteroatoms. The van der Waals surface area contributed by atoms with Gasteiger partial charge in [0.2, 0.25) is 0 Å². The van der Waals surface area contributed by atoms with Crippen molar-refractivity contribution in [3.63, 3.8) is 0 Å². The minimum Gasteiger partial charge on any atom is -0.303 e. The summed E-state index contributed by atoms with van der Waals surface area (Å²) in [6.45, 7) is 20.8. The van der Waals surface area contributed by atoms with Crippen LogP contribution in [-0.2, 0) is 0 Å². The summed E-state index contributed by atoms with van der Waals surface area (Å²) in [5, 5.41) is 0. The van der Waals surface area contributed by atoms with Crippen LogP contribution >= 0.6 is 0 Å². The van der Waals surface area contributed by atoms with Gasteiger partial charge in [0.1, 0.15) is 0 Å². The fourth-order valence-corrected chi connectivity index (χ4v) is 4.50. The average molecular weight is 309 g/mol. The zero-order valence-electron chi connectivity index (χ0n) is 16.1. The van der Waals surface area contributed by atoms with Crippen LogP contribution in [-0.4, -0.2) is 48.6 Å². The predicted octanol–water partition coefficient (Wildman–Crippen LogP) is 4.65. The van der Waals surface area contributed by atoms with E-state index < -0.39 is 0 Å². The molecule has 0 bridgehead atoms. The summed E-state index contributed by atoms with van der Waals surface area (Å²) >= 11 is 0. The van der Waals surface area contributed by atoms with E-state index in [1.807, 2.05) is 0 Å². The van der Waals surface area contributed by atoms with Crippen LogP contribution in [0.5, 0.6) is 0 Å². The van der Waals surface area contributed by atoms with Crippen molar-refractivity contribution in [2.24, 2.45) is 16.7 Å². The van der Waals surface area contributed by atoms with E-state index in [0.717, 1.165) is 12.0 Å². The molecule has 2 nitrogen and oxygen atoms in total. The zero-order chi connectivity index (χ0) is 16.4. The molecule has 0 N–H and O–H groups in total. The molecule has 0 amide bonds. The van der Waals surface area contributed by atoms with E-state index in [-0.39, 0.29) is 0 Å². The second kappa shape index (κ2) is 7.21.